The fraction of sp³-hybridized carbons (Fsp3) is 0.500. The number of aromatic nitrogens is 4. The van der Waals surface area contributed by atoms with Crippen molar-refractivity contribution in [3.63, 3.8) is 0 Å². The van der Waals surface area contributed by atoms with Gasteiger partial charge < -0.3 is 5.73 Å². The maximum atomic E-state index is 6.32. The summed E-state index contributed by atoms with van der Waals surface area (Å²) in [7, 11) is 0. The van der Waals surface area contributed by atoms with E-state index < -0.39 is 0 Å². The van der Waals surface area contributed by atoms with Crippen molar-refractivity contribution in [1.82, 2.24) is 19.6 Å². The molecule has 1 unspecified atom stereocenters. The largest absolute Gasteiger partial charge is 0.318 e. The SMILES string of the molecule is CCn1nc(C)cc1C(N)c1c(Cl)cnn1CC. The van der Waals surface area contributed by atoms with Crippen molar-refractivity contribution in [2.24, 2.45) is 5.73 Å². The van der Waals surface area contributed by atoms with Gasteiger partial charge in [-0.2, -0.15) is 10.2 Å². The molecule has 2 aromatic heterocycles. The fourth-order valence-electron chi connectivity index (χ4n) is 2.14. The molecule has 2 heterocycles. The molecule has 18 heavy (non-hydrogen) atoms. The van der Waals surface area contributed by atoms with E-state index in [1.165, 1.54) is 0 Å². The predicted octanol–water partition coefficient (Wildman–Crippen LogP) is 2.13. The Balaban J connectivity index is 2.46. The van der Waals surface area contributed by atoms with Crippen LogP contribution in [0.15, 0.2) is 12.3 Å². The van der Waals surface area contributed by atoms with Gasteiger partial charge in [0, 0.05) is 13.1 Å². The zero-order valence-corrected chi connectivity index (χ0v) is 11.6. The normalized spacial score (nSPS) is 12.9. The van der Waals surface area contributed by atoms with E-state index in [0.29, 0.717) is 5.02 Å². The van der Waals surface area contributed by atoms with Crippen LogP contribution in [-0.2, 0) is 13.1 Å². The van der Waals surface area contributed by atoms with Gasteiger partial charge in [0.25, 0.3) is 0 Å². The molecule has 5 nitrogen and oxygen atoms in total. The molecular weight excluding hydrogens is 250 g/mol. The number of hydrogen-bond acceptors (Lipinski definition) is 3. The average Bonchev–Trinajstić information content (AvgIpc) is 2.91. The van der Waals surface area contributed by atoms with E-state index in [1.807, 2.05) is 36.2 Å². The van der Waals surface area contributed by atoms with Gasteiger partial charge in [0.1, 0.15) is 0 Å². The molecule has 0 fully saturated rings. The molecule has 0 aliphatic rings. The highest BCUT2D eigenvalue weighted by atomic mass is 35.5. The van der Waals surface area contributed by atoms with Crippen molar-refractivity contribution in [2.75, 3.05) is 0 Å². The van der Waals surface area contributed by atoms with E-state index in [9.17, 15) is 0 Å². The molecule has 0 saturated carbocycles. The monoisotopic (exact) mass is 267 g/mol. The maximum Gasteiger partial charge on any atom is 0.0909 e. The molecule has 0 amide bonds. The van der Waals surface area contributed by atoms with Crippen molar-refractivity contribution in [3.8, 4) is 0 Å². The number of nitrogens with two attached hydrogens (primary N) is 1. The summed E-state index contributed by atoms with van der Waals surface area (Å²) in [5.41, 5.74) is 9.09. The molecule has 6 heteroatoms. The van der Waals surface area contributed by atoms with Crippen molar-refractivity contribution in [3.05, 3.63) is 34.4 Å². The first-order valence-corrected chi connectivity index (χ1v) is 6.47. The summed E-state index contributed by atoms with van der Waals surface area (Å²) in [6.07, 6.45) is 1.64. The van der Waals surface area contributed by atoms with Crippen LogP contribution in [0.3, 0.4) is 0 Å². The topological polar surface area (TPSA) is 61.7 Å². The highest BCUT2D eigenvalue weighted by Gasteiger charge is 2.21. The van der Waals surface area contributed by atoms with Crippen LogP contribution in [-0.4, -0.2) is 19.6 Å². The van der Waals surface area contributed by atoms with Crippen LogP contribution in [0.1, 0.15) is 37.0 Å². The third kappa shape index (κ3) is 2.15. The highest BCUT2D eigenvalue weighted by molar-refractivity contribution is 6.31. The molecule has 0 aliphatic carbocycles. The molecule has 2 N–H and O–H groups in total. The Bertz CT molecular complexity index is 543. The van der Waals surface area contributed by atoms with E-state index in [2.05, 4.69) is 10.2 Å². The van der Waals surface area contributed by atoms with Crippen LogP contribution in [0.2, 0.25) is 5.02 Å². The Labute approximate surface area is 112 Å². The van der Waals surface area contributed by atoms with Crippen LogP contribution < -0.4 is 5.73 Å². The van der Waals surface area contributed by atoms with Gasteiger partial charge in [0.05, 0.1) is 34.3 Å². The summed E-state index contributed by atoms with van der Waals surface area (Å²) in [5.74, 6) is 0. The van der Waals surface area contributed by atoms with E-state index in [-0.39, 0.29) is 6.04 Å². The number of hydrogen-bond donors (Lipinski definition) is 1. The Morgan fingerprint density at radius 2 is 2.00 bits per heavy atom. The number of nitrogens with zero attached hydrogens (tertiary/aromatic N) is 4. The average molecular weight is 268 g/mol. The van der Waals surface area contributed by atoms with Gasteiger partial charge in [0.15, 0.2) is 0 Å². The van der Waals surface area contributed by atoms with Gasteiger partial charge in [-0.05, 0) is 26.8 Å². The van der Waals surface area contributed by atoms with Crippen molar-refractivity contribution >= 4 is 11.6 Å². The molecule has 0 aromatic carbocycles. The molecule has 98 valence electrons. The Kier molecular flexibility index (Phi) is 3.73. The van der Waals surface area contributed by atoms with Crippen LogP contribution >= 0.6 is 11.6 Å². The summed E-state index contributed by atoms with van der Waals surface area (Å²) in [4.78, 5) is 0. The zero-order valence-electron chi connectivity index (χ0n) is 10.9. The number of halogens is 1. The minimum absolute atomic E-state index is 0.305. The molecule has 2 aromatic rings. The summed E-state index contributed by atoms with van der Waals surface area (Å²) in [6.45, 7) is 7.55. The van der Waals surface area contributed by atoms with E-state index in [4.69, 9.17) is 17.3 Å². The maximum absolute atomic E-state index is 6.32. The van der Waals surface area contributed by atoms with E-state index >= 15 is 0 Å². The summed E-state index contributed by atoms with van der Waals surface area (Å²) < 4.78 is 3.73. The smallest absolute Gasteiger partial charge is 0.0909 e. The van der Waals surface area contributed by atoms with Gasteiger partial charge in [-0.15, -0.1) is 0 Å². The second-order valence-corrected chi connectivity index (χ2v) is 4.60. The minimum Gasteiger partial charge on any atom is -0.318 e. The van der Waals surface area contributed by atoms with Crippen LogP contribution in [0.5, 0.6) is 0 Å². The third-order valence-electron chi connectivity index (χ3n) is 2.98. The minimum atomic E-state index is -0.305. The van der Waals surface area contributed by atoms with Crippen LogP contribution in [0, 0.1) is 6.92 Å². The molecule has 0 radical (unpaired) electrons. The van der Waals surface area contributed by atoms with Crippen molar-refractivity contribution in [2.45, 2.75) is 39.9 Å². The Morgan fingerprint density at radius 1 is 1.33 bits per heavy atom. The van der Waals surface area contributed by atoms with Gasteiger partial charge >= 0.3 is 0 Å². The fourth-order valence-corrected chi connectivity index (χ4v) is 2.40. The number of rotatable bonds is 4. The van der Waals surface area contributed by atoms with Crippen LogP contribution in [0.25, 0.3) is 0 Å². The molecule has 1 atom stereocenters. The summed E-state index contributed by atoms with van der Waals surface area (Å²) in [6, 6.07) is 1.69. The Morgan fingerprint density at radius 3 is 2.61 bits per heavy atom. The van der Waals surface area contributed by atoms with Gasteiger partial charge in [0.2, 0.25) is 0 Å². The van der Waals surface area contributed by atoms with Gasteiger partial charge in [-0.25, -0.2) is 0 Å². The lowest BCUT2D eigenvalue weighted by molar-refractivity contribution is 0.556. The lowest BCUT2D eigenvalue weighted by Crippen LogP contribution is -2.21. The standard InChI is InChI=1S/C12H18ClN5/c1-4-17-10(6-8(3)16-17)11(14)12-9(13)7-15-18(12)5-2/h6-7,11H,4-5,14H2,1-3H3. The first kappa shape index (κ1) is 13.1. The molecule has 0 aliphatic heterocycles. The molecule has 0 spiro atoms. The quantitative estimate of drug-likeness (QED) is 0.923. The van der Waals surface area contributed by atoms with Crippen molar-refractivity contribution < 1.29 is 0 Å². The van der Waals surface area contributed by atoms with Gasteiger partial charge in [-0.1, -0.05) is 11.6 Å². The molecule has 2 rings (SSSR count). The third-order valence-corrected chi connectivity index (χ3v) is 3.27. The second kappa shape index (κ2) is 5.12. The summed E-state index contributed by atoms with van der Waals surface area (Å²) in [5, 5.41) is 9.23. The first-order chi connectivity index (χ1) is 8.58. The Hall–Kier alpha value is -1.33. The molecule has 0 bridgehead atoms. The predicted molar refractivity (Wildman–Crippen MR) is 71.6 cm³/mol. The summed E-state index contributed by atoms with van der Waals surface area (Å²) >= 11 is 6.18. The lowest BCUT2D eigenvalue weighted by Gasteiger charge is -2.15. The first-order valence-electron chi connectivity index (χ1n) is 6.09. The van der Waals surface area contributed by atoms with E-state index in [0.717, 1.165) is 30.2 Å². The molecular formula is C12H18ClN5. The highest BCUT2D eigenvalue weighted by Crippen LogP contribution is 2.26. The van der Waals surface area contributed by atoms with Crippen molar-refractivity contribution in [1.29, 1.82) is 0 Å². The van der Waals surface area contributed by atoms with Crippen LogP contribution in [0.4, 0.5) is 0 Å². The molecule has 0 saturated heterocycles. The second-order valence-electron chi connectivity index (χ2n) is 4.20. The lowest BCUT2D eigenvalue weighted by atomic mass is 10.1. The van der Waals surface area contributed by atoms with E-state index in [1.54, 1.807) is 6.20 Å². The number of aryl methyl sites for hydroxylation is 3. The zero-order chi connectivity index (χ0) is 13.3. The van der Waals surface area contributed by atoms with Gasteiger partial charge in [-0.3, -0.25) is 9.36 Å².